The zero-order valence-corrected chi connectivity index (χ0v) is 9.03. The molecule has 2 saturated carbocycles. The normalized spacial score (nSPS) is 19.0. The molecule has 0 saturated heterocycles. The van der Waals surface area contributed by atoms with Crippen LogP contribution in [-0.4, -0.2) is 24.4 Å². The summed E-state index contributed by atoms with van der Waals surface area (Å²) >= 11 is 0. The zero-order valence-electron chi connectivity index (χ0n) is 9.03. The smallest absolute Gasteiger partial charge is 0.310 e. The maximum atomic E-state index is 11.5. The summed E-state index contributed by atoms with van der Waals surface area (Å²) in [5.41, 5.74) is 0. The second kappa shape index (κ2) is 4.52. The molecule has 0 radical (unpaired) electrons. The first-order chi connectivity index (χ1) is 7.72. The Balaban J connectivity index is 1.80. The molecule has 0 heterocycles. The van der Waals surface area contributed by atoms with Crippen molar-refractivity contribution < 1.29 is 9.59 Å². The third-order valence-electron chi connectivity index (χ3n) is 3.09. The van der Waals surface area contributed by atoms with Crippen LogP contribution in [-0.2, 0) is 9.59 Å². The molecular weight excluding hydrogens is 206 g/mol. The molecule has 0 unspecified atom stereocenters. The lowest BCUT2D eigenvalue weighted by Crippen LogP contribution is -2.46. The minimum atomic E-state index is -0.701. The van der Waals surface area contributed by atoms with Gasteiger partial charge >= 0.3 is 11.8 Å². The van der Waals surface area contributed by atoms with Crippen LogP contribution >= 0.6 is 0 Å². The molecule has 2 fully saturated rings. The Labute approximate surface area is 94.2 Å². The largest absolute Gasteiger partial charge is 0.345 e. The van der Waals surface area contributed by atoms with Gasteiger partial charge in [0, 0.05) is 6.04 Å². The Hall–Kier alpha value is -1.57. The van der Waals surface area contributed by atoms with E-state index < -0.39 is 11.8 Å². The molecule has 0 aromatic heterocycles. The van der Waals surface area contributed by atoms with E-state index in [-0.39, 0.29) is 12.6 Å². The summed E-state index contributed by atoms with van der Waals surface area (Å²) in [6.45, 7) is -0.121. The van der Waals surface area contributed by atoms with Gasteiger partial charge in [0.15, 0.2) is 0 Å². The first kappa shape index (κ1) is 10.9. The van der Waals surface area contributed by atoms with Crippen LogP contribution in [0.15, 0.2) is 0 Å². The third kappa shape index (κ3) is 2.72. The number of carbonyl (C=O) groups is 2. The summed E-state index contributed by atoms with van der Waals surface area (Å²) in [6, 6.07) is 1.95. The van der Waals surface area contributed by atoms with Gasteiger partial charge in [-0.1, -0.05) is 0 Å². The van der Waals surface area contributed by atoms with Gasteiger partial charge in [0.25, 0.3) is 0 Å². The van der Waals surface area contributed by atoms with Crippen molar-refractivity contribution in [2.45, 2.75) is 31.7 Å². The minimum Gasteiger partial charge on any atom is -0.345 e. The molecule has 86 valence electrons. The number of rotatable bonds is 4. The zero-order chi connectivity index (χ0) is 11.5. The number of nitrogens with one attached hydrogen (secondary N) is 2. The fourth-order valence-corrected chi connectivity index (χ4v) is 1.95. The maximum absolute atomic E-state index is 11.5. The lowest BCUT2D eigenvalue weighted by Gasteiger charge is -2.16. The van der Waals surface area contributed by atoms with E-state index in [0.717, 1.165) is 25.7 Å². The Bertz CT molecular complexity index is 328. The molecule has 5 nitrogen and oxygen atoms in total. The van der Waals surface area contributed by atoms with Gasteiger partial charge in [-0.05, 0) is 37.5 Å². The van der Waals surface area contributed by atoms with E-state index in [1.807, 2.05) is 0 Å². The predicted octanol–water partition coefficient (Wildman–Crippen LogP) is -0.0690. The molecule has 0 aliphatic heterocycles. The average molecular weight is 221 g/mol. The van der Waals surface area contributed by atoms with Crippen molar-refractivity contribution in [3.05, 3.63) is 0 Å². The predicted molar refractivity (Wildman–Crippen MR) is 56.0 cm³/mol. The van der Waals surface area contributed by atoms with E-state index >= 15 is 0 Å². The molecule has 2 N–H and O–H groups in total. The molecule has 0 aromatic carbocycles. The Morgan fingerprint density at radius 1 is 1.19 bits per heavy atom. The van der Waals surface area contributed by atoms with Crippen molar-refractivity contribution in [2.24, 2.45) is 11.8 Å². The summed E-state index contributed by atoms with van der Waals surface area (Å²) < 4.78 is 0. The lowest BCUT2D eigenvalue weighted by molar-refractivity contribution is -0.139. The van der Waals surface area contributed by atoms with Crippen LogP contribution in [0.3, 0.4) is 0 Å². The quantitative estimate of drug-likeness (QED) is 0.515. The Kier molecular flexibility index (Phi) is 3.09. The highest BCUT2D eigenvalue weighted by Crippen LogP contribution is 2.44. The van der Waals surface area contributed by atoms with Crippen LogP contribution in [0.25, 0.3) is 0 Å². The van der Waals surface area contributed by atoms with Gasteiger partial charge in [0.05, 0.1) is 6.07 Å². The van der Waals surface area contributed by atoms with Crippen molar-refractivity contribution in [1.82, 2.24) is 10.6 Å². The van der Waals surface area contributed by atoms with Gasteiger partial charge in [-0.3, -0.25) is 9.59 Å². The molecule has 2 aliphatic rings. The van der Waals surface area contributed by atoms with Crippen molar-refractivity contribution >= 4 is 11.8 Å². The van der Waals surface area contributed by atoms with Gasteiger partial charge in [0.2, 0.25) is 0 Å². The number of amides is 2. The van der Waals surface area contributed by atoms with E-state index in [4.69, 9.17) is 5.26 Å². The van der Waals surface area contributed by atoms with Crippen LogP contribution in [0.4, 0.5) is 0 Å². The fraction of sp³-hybridized carbons (Fsp3) is 0.727. The number of carbonyl (C=O) groups excluding carboxylic acids is 2. The Morgan fingerprint density at radius 2 is 1.75 bits per heavy atom. The topological polar surface area (TPSA) is 82.0 Å². The van der Waals surface area contributed by atoms with E-state index in [1.54, 1.807) is 6.07 Å². The molecule has 0 spiro atoms. The molecule has 2 amide bonds. The average Bonchev–Trinajstić information content (AvgIpc) is 3.15. The molecule has 16 heavy (non-hydrogen) atoms. The van der Waals surface area contributed by atoms with Crippen molar-refractivity contribution in [1.29, 1.82) is 5.26 Å². The number of nitrogens with zero attached hydrogens (tertiary/aromatic N) is 1. The van der Waals surface area contributed by atoms with Gasteiger partial charge in [-0.25, -0.2) is 0 Å². The van der Waals surface area contributed by atoms with Gasteiger partial charge in [0.1, 0.15) is 6.54 Å². The summed E-state index contributed by atoms with van der Waals surface area (Å²) in [4.78, 5) is 22.7. The molecule has 0 aromatic rings. The standard InChI is InChI=1S/C11H15N3O2/c12-5-6-13-10(15)11(16)14-9(7-1-2-7)8-3-4-8/h7-9H,1-4,6H2,(H,13,15)(H,14,16). The van der Waals surface area contributed by atoms with Gasteiger partial charge in [-0.15, -0.1) is 0 Å². The first-order valence-electron chi connectivity index (χ1n) is 5.68. The van der Waals surface area contributed by atoms with E-state index in [0.29, 0.717) is 11.8 Å². The highest BCUT2D eigenvalue weighted by Gasteiger charge is 2.42. The first-order valence-corrected chi connectivity index (χ1v) is 5.68. The summed E-state index contributed by atoms with van der Waals surface area (Å²) in [6.07, 6.45) is 4.62. The highest BCUT2D eigenvalue weighted by molar-refractivity contribution is 6.35. The van der Waals surface area contributed by atoms with E-state index in [2.05, 4.69) is 10.6 Å². The summed E-state index contributed by atoms with van der Waals surface area (Å²) in [7, 11) is 0. The van der Waals surface area contributed by atoms with Gasteiger partial charge < -0.3 is 10.6 Å². The number of hydrogen-bond acceptors (Lipinski definition) is 3. The number of hydrogen-bond donors (Lipinski definition) is 2. The van der Waals surface area contributed by atoms with Crippen LogP contribution in [0.5, 0.6) is 0 Å². The monoisotopic (exact) mass is 221 g/mol. The number of nitriles is 1. The maximum Gasteiger partial charge on any atom is 0.310 e. The van der Waals surface area contributed by atoms with E-state index in [1.165, 1.54) is 0 Å². The van der Waals surface area contributed by atoms with Crippen LogP contribution in [0.2, 0.25) is 0 Å². The molecular formula is C11H15N3O2. The molecule has 0 bridgehead atoms. The molecule has 5 heteroatoms. The molecule has 2 rings (SSSR count). The van der Waals surface area contributed by atoms with Gasteiger partial charge in [-0.2, -0.15) is 5.26 Å². The second-order valence-corrected chi connectivity index (χ2v) is 4.51. The third-order valence-corrected chi connectivity index (χ3v) is 3.09. The molecule has 2 aliphatic carbocycles. The fourth-order valence-electron chi connectivity index (χ4n) is 1.95. The summed E-state index contributed by atoms with van der Waals surface area (Å²) in [5, 5.41) is 13.3. The van der Waals surface area contributed by atoms with Crippen LogP contribution in [0, 0.1) is 23.2 Å². The Morgan fingerprint density at radius 3 is 2.19 bits per heavy atom. The minimum absolute atomic E-state index is 0.121. The van der Waals surface area contributed by atoms with Crippen molar-refractivity contribution in [3.8, 4) is 6.07 Å². The van der Waals surface area contributed by atoms with Crippen LogP contribution < -0.4 is 10.6 Å². The van der Waals surface area contributed by atoms with E-state index in [9.17, 15) is 9.59 Å². The SMILES string of the molecule is N#CCNC(=O)C(=O)NC(C1CC1)C1CC1. The molecule has 0 atom stereocenters. The second-order valence-electron chi connectivity index (χ2n) is 4.51. The lowest BCUT2D eigenvalue weighted by atomic mass is 10.1. The summed E-state index contributed by atoms with van der Waals surface area (Å²) in [5.74, 6) is -0.160. The van der Waals surface area contributed by atoms with Crippen molar-refractivity contribution in [2.75, 3.05) is 6.54 Å². The van der Waals surface area contributed by atoms with Crippen molar-refractivity contribution in [3.63, 3.8) is 0 Å². The van der Waals surface area contributed by atoms with Crippen LogP contribution in [0.1, 0.15) is 25.7 Å². The highest BCUT2D eigenvalue weighted by atomic mass is 16.2.